The van der Waals surface area contributed by atoms with Crippen LogP contribution in [0.5, 0.6) is 5.75 Å². The smallest absolute Gasteiger partial charge is 0.224 e. The number of amides is 1. The van der Waals surface area contributed by atoms with Gasteiger partial charge in [-0.3, -0.25) is 9.69 Å². The molecule has 2 rings (SSSR count). The first-order valence-electron chi connectivity index (χ1n) is 7.99. The number of benzene rings is 1. The first kappa shape index (κ1) is 16.6. The zero-order chi connectivity index (χ0) is 15.8. The van der Waals surface area contributed by atoms with E-state index in [0.29, 0.717) is 19.6 Å². The minimum absolute atomic E-state index is 0.234. The highest BCUT2D eigenvalue weighted by atomic mass is 16.5. The van der Waals surface area contributed by atoms with Crippen LogP contribution in [0.4, 0.5) is 0 Å². The molecule has 1 aliphatic heterocycles. The molecule has 0 aliphatic carbocycles. The van der Waals surface area contributed by atoms with Crippen LogP contribution in [0.1, 0.15) is 20.3 Å². The fourth-order valence-corrected chi connectivity index (χ4v) is 2.54. The summed E-state index contributed by atoms with van der Waals surface area (Å²) >= 11 is 0. The lowest BCUT2D eigenvalue weighted by Gasteiger charge is -2.22. The zero-order valence-electron chi connectivity index (χ0n) is 13.6. The lowest BCUT2D eigenvalue weighted by Crippen LogP contribution is -2.36. The highest BCUT2D eigenvalue weighted by Crippen LogP contribution is 2.10. The van der Waals surface area contributed by atoms with Crippen LogP contribution in [-0.2, 0) is 4.79 Å². The first-order valence-corrected chi connectivity index (χ1v) is 7.99. The molecule has 1 saturated heterocycles. The van der Waals surface area contributed by atoms with Crippen molar-refractivity contribution in [1.82, 2.24) is 9.80 Å². The van der Waals surface area contributed by atoms with Crippen molar-refractivity contribution in [1.29, 1.82) is 0 Å². The number of carbonyl (C=O) groups is 1. The lowest BCUT2D eigenvalue weighted by molar-refractivity contribution is -0.130. The topological polar surface area (TPSA) is 32.8 Å². The molecule has 1 aromatic carbocycles. The minimum Gasteiger partial charge on any atom is -0.492 e. The molecule has 1 amide bonds. The third-order valence-corrected chi connectivity index (χ3v) is 4.02. The lowest BCUT2D eigenvalue weighted by atomic mass is 10.2. The van der Waals surface area contributed by atoms with Gasteiger partial charge in [-0.05, 0) is 26.0 Å². The fraction of sp³-hybridized carbons (Fsp3) is 0.500. The number of ether oxygens (including phenoxy) is 1. The van der Waals surface area contributed by atoms with Gasteiger partial charge in [-0.15, -0.1) is 0 Å². The quantitative estimate of drug-likeness (QED) is 0.757. The average molecular weight is 302 g/mol. The molecular weight excluding hydrogens is 276 g/mol. The summed E-state index contributed by atoms with van der Waals surface area (Å²) in [7, 11) is 0. The first-order chi connectivity index (χ1) is 10.7. The van der Waals surface area contributed by atoms with E-state index in [9.17, 15) is 4.79 Å². The Hall–Kier alpha value is -1.81. The summed E-state index contributed by atoms with van der Waals surface area (Å²) in [6, 6.07) is 9.74. The van der Waals surface area contributed by atoms with Gasteiger partial charge in [0.1, 0.15) is 12.4 Å². The van der Waals surface area contributed by atoms with Crippen molar-refractivity contribution in [3.05, 3.63) is 42.0 Å². The molecular formula is C18H26N2O2. The van der Waals surface area contributed by atoms with Crippen LogP contribution in [0.3, 0.4) is 0 Å². The molecule has 22 heavy (non-hydrogen) atoms. The SMILES string of the molecule is CC=C(C)CN1CCC(=O)N(CCOc2ccccc2)CC1. The largest absolute Gasteiger partial charge is 0.492 e. The van der Waals surface area contributed by atoms with Crippen LogP contribution in [0.15, 0.2) is 42.0 Å². The van der Waals surface area contributed by atoms with Gasteiger partial charge in [-0.25, -0.2) is 0 Å². The van der Waals surface area contributed by atoms with Gasteiger partial charge in [0.05, 0.1) is 6.54 Å². The molecule has 0 bridgehead atoms. The van der Waals surface area contributed by atoms with E-state index in [1.807, 2.05) is 35.2 Å². The number of nitrogens with zero attached hydrogens (tertiary/aromatic N) is 2. The van der Waals surface area contributed by atoms with E-state index >= 15 is 0 Å². The molecule has 0 saturated carbocycles. The molecule has 120 valence electrons. The normalized spacial score (nSPS) is 17.5. The van der Waals surface area contributed by atoms with Crippen molar-refractivity contribution in [3.8, 4) is 5.75 Å². The number of carbonyl (C=O) groups excluding carboxylic acids is 1. The van der Waals surface area contributed by atoms with Crippen molar-refractivity contribution in [2.45, 2.75) is 20.3 Å². The number of para-hydroxylation sites is 1. The maximum Gasteiger partial charge on any atom is 0.224 e. The van der Waals surface area contributed by atoms with E-state index in [1.165, 1.54) is 5.57 Å². The van der Waals surface area contributed by atoms with Crippen molar-refractivity contribution >= 4 is 5.91 Å². The standard InChI is InChI=1S/C18H26N2O2/c1-3-16(2)15-19-10-9-18(21)20(12-11-19)13-14-22-17-7-5-4-6-8-17/h3-8H,9-15H2,1-2H3. The molecule has 1 heterocycles. The summed E-state index contributed by atoms with van der Waals surface area (Å²) in [6.07, 6.45) is 2.74. The Labute approximate surface area is 133 Å². The summed E-state index contributed by atoms with van der Waals surface area (Å²) in [4.78, 5) is 16.5. The Kier molecular flexibility index (Phi) is 6.46. The summed E-state index contributed by atoms with van der Waals surface area (Å²) in [5.74, 6) is 1.09. The van der Waals surface area contributed by atoms with E-state index in [1.54, 1.807) is 0 Å². The maximum atomic E-state index is 12.2. The van der Waals surface area contributed by atoms with E-state index < -0.39 is 0 Å². The molecule has 0 unspecified atom stereocenters. The summed E-state index contributed by atoms with van der Waals surface area (Å²) in [5.41, 5.74) is 1.35. The molecule has 0 N–H and O–H groups in total. The number of allylic oxidation sites excluding steroid dienone is 1. The molecule has 0 radical (unpaired) electrons. The highest BCUT2D eigenvalue weighted by molar-refractivity contribution is 5.76. The Balaban J connectivity index is 1.78. The van der Waals surface area contributed by atoms with Crippen molar-refractivity contribution in [2.24, 2.45) is 0 Å². The van der Waals surface area contributed by atoms with Gasteiger partial charge in [0.2, 0.25) is 5.91 Å². The molecule has 1 aliphatic rings. The number of hydrogen-bond donors (Lipinski definition) is 0. The van der Waals surface area contributed by atoms with Crippen LogP contribution in [0, 0.1) is 0 Å². The predicted octanol–water partition coefficient (Wildman–Crippen LogP) is 2.57. The second-order valence-corrected chi connectivity index (χ2v) is 5.70. The Morgan fingerprint density at radius 2 is 2.00 bits per heavy atom. The van der Waals surface area contributed by atoms with E-state index in [-0.39, 0.29) is 5.91 Å². The monoisotopic (exact) mass is 302 g/mol. The third-order valence-electron chi connectivity index (χ3n) is 4.02. The molecule has 4 nitrogen and oxygen atoms in total. The molecule has 0 aromatic heterocycles. The van der Waals surface area contributed by atoms with Crippen LogP contribution < -0.4 is 4.74 Å². The van der Waals surface area contributed by atoms with Gasteiger partial charge >= 0.3 is 0 Å². The van der Waals surface area contributed by atoms with Gasteiger partial charge in [-0.2, -0.15) is 0 Å². The molecule has 1 aromatic rings. The van der Waals surface area contributed by atoms with Crippen molar-refractivity contribution < 1.29 is 9.53 Å². The molecule has 0 spiro atoms. The predicted molar refractivity (Wildman–Crippen MR) is 89.0 cm³/mol. The Morgan fingerprint density at radius 3 is 2.73 bits per heavy atom. The van der Waals surface area contributed by atoms with Gasteiger partial charge in [-0.1, -0.05) is 29.8 Å². The van der Waals surface area contributed by atoms with Gasteiger partial charge in [0, 0.05) is 32.6 Å². The highest BCUT2D eigenvalue weighted by Gasteiger charge is 2.20. The van der Waals surface area contributed by atoms with Crippen molar-refractivity contribution in [3.63, 3.8) is 0 Å². The Bertz CT molecular complexity index is 499. The second-order valence-electron chi connectivity index (χ2n) is 5.70. The fourth-order valence-electron chi connectivity index (χ4n) is 2.54. The summed E-state index contributed by atoms with van der Waals surface area (Å²) < 4.78 is 5.69. The Morgan fingerprint density at radius 1 is 1.23 bits per heavy atom. The molecule has 0 atom stereocenters. The zero-order valence-corrected chi connectivity index (χ0v) is 13.6. The number of hydrogen-bond acceptors (Lipinski definition) is 3. The summed E-state index contributed by atoms with van der Waals surface area (Å²) in [5, 5.41) is 0. The van der Waals surface area contributed by atoms with Gasteiger partial charge in [0.25, 0.3) is 0 Å². The van der Waals surface area contributed by atoms with Gasteiger partial charge in [0.15, 0.2) is 0 Å². The summed E-state index contributed by atoms with van der Waals surface area (Å²) in [6.45, 7) is 8.92. The third kappa shape index (κ3) is 5.19. The van der Waals surface area contributed by atoms with E-state index in [0.717, 1.165) is 31.9 Å². The number of rotatable bonds is 6. The van der Waals surface area contributed by atoms with E-state index in [4.69, 9.17) is 4.74 Å². The van der Waals surface area contributed by atoms with Crippen LogP contribution in [0.25, 0.3) is 0 Å². The molecule has 4 heteroatoms. The minimum atomic E-state index is 0.234. The molecule has 1 fully saturated rings. The van der Waals surface area contributed by atoms with E-state index in [2.05, 4.69) is 24.8 Å². The maximum absolute atomic E-state index is 12.2. The average Bonchev–Trinajstić information content (AvgIpc) is 2.71. The van der Waals surface area contributed by atoms with Crippen molar-refractivity contribution in [2.75, 3.05) is 39.3 Å². The van der Waals surface area contributed by atoms with Gasteiger partial charge < -0.3 is 9.64 Å². The van der Waals surface area contributed by atoms with Crippen LogP contribution >= 0.6 is 0 Å². The van der Waals surface area contributed by atoms with Crippen LogP contribution in [-0.4, -0.2) is 55.0 Å². The second kappa shape index (κ2) is 8.59. The van der Waals surface area contributed by atoms with Crippen LogP contribution in [0.2, 0.25) is 0 Å².